The minimum Gasteiger partial charge on any atom is -0.546 e. The van der Waals surface area contributed by atoms with Crippen molar-refractivity contribution in [2.24, 2.45) is 0 Å². The molecule has 8 aromatic carbocycles. The molecule has 8 aromatic rings. The molecule has 0 atom stereocenters. The van der Waals surface area contributed by atoms with Gasteiger partial charge in [-0.15, -0.1) is 0 Å². The van der Waals surface area contributed by atoms with Gasteiger partial charge in [-0.25, -0.2) is 14.4 Å². The van der Waals surface area contributed by atoms with Crippen LogP contribution in [-0.4, -0.2) is 51.6 Å². The predicted molar refractivity (Wildman–Crippen MR) is 253 cm³/mol. The van der Waals surface area contributed by atoms with E-state index < -0.39 is 53.6 Å². The van der Waals surface area contributed by atoms with Crippen LogP contribution in [0.3, 0.4) is 0 Å². The fourth-order valence-corrected chi connectivity index (χ4v) is 7.63. The summed E-state index contributed by atoms with van der Waals surface area (Å²) >= 11 is 0. The second kappa shape index (κ2) is 23.0. The summed E-state index contributed by atoms with van der Waals surface area (Å²) in [7, 11) is -2.54. The average Bonchev–Trinajstić information content (AvgIpc) is 3.41. The second-order valence-electron chi connectivity index (χ2n) is 15.6. The van der Waals surface area contributed by atoms with Gasteiger partial charge in [-0.2, -0.15) is 0 Å². The van der Waals surface area contributed by atoms with Crippen LogP contribution in [0.15, 0.2) is 243 Å². The molecule has 0 bridgehead atoms. The summed E-state index contributed by atoms with van der Waals surface area (Å²) in [4.78, 5) is 54.0. The number of carbonyl (C=O) groups is 4. The normalized spacial score (nSPS) is 11.3. The Labute approximate surface area is 416 Å². The van der Waals surface area contributed by atoms with Crippen LogP contribution in [0.5, 0.6) is 0 Å². The van der Waals surface area contributed by atoms with Gasteiger partial charge in [0.15, 0.2) is 5.60 Å². The number of aliphatic hydroxyl groups is 4. The summed E-state index contributed by atoms with van der Waals surface area (Å²) in [6.45, 7) is 0. The van der Waals surface area contributed by atoms with Gasteiger partial charge in [0.25, 0.3) is 0 Å². The molecular formula is C56H44BLiO12. The van der Waals surface area contributed by atoms with Gasteiger partial charge < -0.3 is 44.3 Å². The van der Waals surface area contributed by atoms with Gasteiger partial charge in [-0.3, -0.25) is 0 Å². The first kappa shape index (κ1) is 51.5. The Hall–Kier alpha value is -7.86. The summed E-state index contributed by atoms with van der Waals surface area (Å²) in [5, 5.41) is 58.0. The Morgan fingerprint density at radius 3 is 0.586 bits per heavy atom. The van der Waals surface area contributed by atoms with E-state index in [2.05, 4.69) is 0 Å². The van der Waals surface area contributed by atoms with Crippen molar-refractivity contribution >= 4 is 31.2 Å². The number of carboxylic acid groups (broad SMARTS) is 1. The fraction of sp³-hybridized carbons (Fsp3) is 0.0714. The molecule has 0 spiro atoms. The smallest absolute Gasteiger partial charge is 0.546 e. The minimum absolute atomic E-state index is 0. The van der Waals surface area contributed by atoms with E-state index in [0.717, 1.165) is 0 Å². The van der Waals surface area contributed by atoms with E-state index >= 15 is 0 Å². The fourth-order valence-electron chi connectivity index (χ4n) is 7.63. The van der Waals surface area contributed by atoms with E-state index in [1.54, 1.807) is 170 Å². The molecule has 70 heavy (non-hydrogen) atoms. The van der Waals surface area contributed by atoms with E-state index in [1.807, 2.05) is 0 Å². The molecular weight excluding hydrogens is 882 g/mol. The zero-order valence-electron chi connectivity index (χ0n) is 37.7. The first-order chi connectivity index (χ1) is 33.3. The maximum absolute atomic E-state index is 14.2. The Bertz CT molecular complexity index is 2540. The summed E-state index contributed by atoms with van der Waals surface area (Å²) in [5.74, 6) is -5.70. The molecule has 0 radical (unpaired) electrons. The number of benzene rings is 8. The molecule has 4 N–H and O–H groups in total. The van der Waals surface area contributed by atoms with Gasteiger partial charge in [0.05, 0.1) is 5.97 Å². The molecule has 14 heteroatoms. The number of hydrogen-bond donors (Lipinski definition) is 4. The number of rotatable bonds is 15. The molecule has 0 fully saturated rings. The zero-order chi connectivity index (χ0) is 48.9. The van der Waals surface area contributed by atoms with Crippen LogP contribution in [0.2, 0.25) is 0 Å². The van der Waals surface area contributed by atoms with Gasteiger partial charge in [0.1, 0.15) is 0 Å². The van der Waals surface area contributed by atoms with Crippen LogP contribution in [-0.2, 0) is 55.5 Å². The molecule has 344 valence electrons. The molecule has 0 unspecified atom stereocenters. The van der Waals surface area contributed by atoms with Crippen molar-refractivity contribution in [1.29, 1.82) is 0 Å². The van der Waals surface area contributed by atoms with Crippen LogP contribution in [0.1, 0.15) is 44.5 Å². The summed E-state index contributed by atoms with van der Waals surface area (Å²) in [5.41, 5.74) is -8.46. The van der Waals surface area contributed by atoms with Gasteiger partial charge in [-0.05, 0) is 44.5 Å². The van der Waals surface area contributed by atoms with Crippen molar-refractivity contribution in [1.82, 2.24) is 0 Å². The Kier molecular flexibility index (Phi) is 16.9. The van der Waals surface area contributed by atoms with E-state index in [9.17, 15) is 44.7 Å². The quantitative estimate of drug-likeness (QED) is 0.110. The molecule has 8 rings (SSSR count). The van der Waals surface area contributed by atoms with E-state index in [1.165, 1.54) is 72.8 Å². The first-order valence-corrected chi connectivity index (χ1v) is 21.5. The second-order valence-corrected chi connectivity index (χ2v) is 15.6. The maximum atomic E-state index is 14.2. The SMILES string of the molecule is O=C(OB(OC(=O)C(O)(c1ccccc1)c1ccccc1)OC(=O)C(O)(c1ccccc1)c1ccccc1)C(O)(c1ccccc1)c1ccccc1.O=C([O-])C(O)(c1ccccc1)c1ccccc1.[Li+]. The maximum Gasteiger partial charge on any atom is 1.00 e. The Balaban J connectivity index is 0.000000376. The largest absolute Gasteiger partial charge is 1.00 e. The monoisotopic (exact) mass is 926 g/mol. The van der Waals surface area contributed by atoms with Crippen molar-refractivity contribution < 1.29 is 77.5 Å². The molecule has 0 aromatic heterocycles. The van der Waals surface area contributed by atoms with Crippen LogP contribution in [0.4, 0.5) is 0 Å². The van der Waals surface area contributed by atoms with Crippen molar-refractivity contribution in [3.63, 3.8) is 0 Å². The van der Waals surface area contributed by atoms with Crippen LogP contribution in [0, 0.1) is 0 Å². The van der Waals surface area contributed by atoms with Gasteiger partial charge >= 0.3 is 44.1 Å². The third-order valence-corrected chi connectivity index (χ3v) is 11.3. The number of carbonyl (C=O) groups excluding carboxylic acids is 4. The van der Waals surface area contributed by atoms with Crippen molar-refractivity contribution in [3.8, 4) is 0 Å². The molecule has 0 aliphatic carbocycles. The summed E-state index contributed by atoms with van der Waals surface area (Å²) in [6, 6.07) is 63.8. The first-order valence-electron chi connectivity index (χ1n) is 21.5. The number of hydrogen-bond acceptors (Lipinski definition) is 12. The van der Waals surface area contributed by atoms with Crippen LogP contribution in [0.25, 0.3) is 0 Å². The Morgan fingerprint density at radius 2 is 0.443 bits per heavy atom. The van der Waals surface area contributed by atoms with Gasteiger partial charge in [0, 0.05) is 0 Å². The standard InChI is InChI=1S/C42H33BO9.C14H12O3.Li/c44-37(40(47,31-19-7-1-8-20-31)32-21-9-2-10-22-32)50-43(51-38(45)41(48,33-23-11-3-12-24-33)34-25-13-4-14-26-34)52-39(46)42(49,35-27-15-5-16-28-35)36-29-17-6-18-30-36;15-13(16)14(17,11-7-3-1-4-8-11)12-9-5-2-6-10-12;/h1-30,47-49H;1-10,17H,(H,15,16);/q;;+1/p-1. The summed E-state index contributed by atoms with van der Waals surface area (Å²) < 4.78 is 16.8. The molecule has 0 saturated carbocycles. The predicted octanol–water partition coefficient (Wildman–Crippen LogP) is 3.09. The molecule has 0 amide bonds. The van der Waals surface area contributed by atoms with Crippen molar-refractivity contribution in [2.45, 2.75) is 22.4 Å². The van der Waals surface area contributed by atoms with Crippen molar-refractivity contribution in [3.05, 3.63) is 287 Å². The Morgan fingerprint density at radius 1 is 0.300 bits per heavy atom. The third-order valence-electron chi connectivity index (χ3n) is 11.3. The molecule has 0 heterocycles. The minimum atomic E-state index is -2.54. The summed E-state index contributed by atoms with van der Waals surface area (Å²) in [6.07, 6.45) is 0. The average molecular weight is 927 g/mol. The van der Waals surface area contributed by atoms with Crippen LogP contribution < -0.4 is 24.0 Å². The van der Waals surface area contributed by atoms with E-state index in [-0.39, 0.29) is 63.4 Å². The molecule has 0 aliphatic heterocycles. The van der Waals surface area contributed by atoms with Crippen LogP contribution >= 0.6 is 0 Å². The number of carboxylic acids is 1. The third kappa shape index (κ3) is 10.7. The van der Waals surface area contributed by atoms with Gasteiger partial charge in [0.2, 0.25) is 16.8 Å². The molecule has 12 nitrogen and oxygen atoms in total. The van der Waals surface area contributed by atoms with E-state index in [4.69, 9.17) is 14.0 Å². The molecule has 0 aliphatic rings. The topological polar surface area (TPSA) is 200 Å². The van der Waals surface area contributed by atoms with Crippen molar-refractivity contribution in [2.75, 3.05) is 0 Å². The number of aliphatic carboxylic acids is 1. The zero-order valence-corrected chi connectivity index (χ0v) is 37.7. The van der Waals surface area contributed by atoms with E-state index in [0.29, 0.717) is 0 Å². The molecule has 0 saturated heterocycles. The van der Waals surface area contributed by atoms with Gasteiger partial charge in [-0.1, -0.05) is 243 Å².